The predicted octanol–water partition coefficient (Wildman–Crippen LogP) is 4.90. The van der Waals surface area contributed by atoms with Crippen LogP contribution in [-0.4, -0.2) is 21.5 Å². The number of aryl methyl sites for hydroxylation is 2. The molecule has 0 saturated carbocycles. The maximum absolute atomic E-state index is 12.6. The number of carbonyl (C=O) groups is 1. The van der Waals surface area contributed by atoms with Gasteiger partial charge < -0.3 is 0 Å². The first-order chi connectivity index (χ1) is 11.8. The van der Waals surface area contributed by atoms with E-state index in [2.05, 4.69) is 11.9 Å². The lowest BCUT2D eigenvalue weighted by Crippen LogP contribution is -2.22. The van der Waals surface area contributed by atoms with Crippen molar-refractivity contribution in [1.82, 2.24) is 9.55 Å². The molecule has 2 aromatic carbocycles. The third-order valence-corrected chi connectivity index (χ3v) is 4.16. The van der Waals surface area contributed by atoms with Crippen LogP contribution in [0, 0.1) is 0 Å². The van der Waals surface area contributed by atoms with E-state index in [-0.39, 0.29) is 0 Å². The van der Waals surface area contributed by atoms with E-state index in [1.807, 2.05) is 35.8 Å². The molecule has 3 aromatic rings. The van der Waals surface area contributed by atoms with Crippen LogP contribution >= 0.6 is 0 Å². The summed E-state index contributed by atoms with van der Waals surface area (Å²) in [6.45, 7) is 4.00. The first-order valence-electron chi connectivity index (χ1n) is 8.07. The van der Waals surface area contributed by atoms with Gasteiger partial charge in [-0.25, -0.2) is 4.98 Å². The topological polar surface area (TPSA) is 34.9 Å². The Balaban J connectivity index is 2.14. The maximum Gasteiger partial charge on any atom is 0.454 e. The van der Waals surface area contributed by atoms with Gasteiger partial charge in [0.1, 0.15) is 5.82 Å². The molecule has 0 aliphatic rings. The molecule has 0 aliphatic heterocycles. The lowest BCUT2D eigenvalue weighted by atomic mass is 10.1. The van der Waals surface area contributed by atoms with Gasteiger partial charge in [0.15, 0.2) is 0 Å². The molecule has 0 aliphatic carbocycles. The second-order valence-corrected chi connectivity index (χ2v) is 5.77. The smallest absolute Gasteiger partial charge is 0.296 e. The van der Waals surface area contributed by atoms with Gasteiger partial charge in [-0.2, -0.15) is 13.2 Å². The summed E-state index contributed by atoms with van der Waals surface area (Å²) >= 11 is 0. The molecule has 25 heavy (non-hydrogen) atoms. The van der Waals surface area contributed by atoms with Gasteiger partial charge in [-0.15, -0.1) is 0 Å². The molecule has 0 unspecified atom stereocenters. The van der Waals surface area contributed by atoms with Crippen LogP contribution in [0.25, 0.3) is 16.7 Å². The maximum atomic E-state index is 12.6. The summed E-state index contributed by atoms with van der Waals surface area (Å²) in [7, 11) is 0. The third kappa shape index (κ3) is 3.16. The number of nitrogens with zero attached hydrogens (tertiary/aromatic N) is 2. The Hall–Kier alpha value is -2.63. The van der Waals surface area contributed by atoms with Gasteiger partial charge >= 0.3 is 6.18 Å². The number of hydrogen-bond acceptors (Lipinski definition) is 2. The van der Waals surface area contributed by atoms with Crippen LogP contribution < -0.4 is 0 Å². The number of hydrogen-bond donors (Lipinski definition) is 0. The minimum atomic E-state index is -4.89. The van der Waals surface area contributed by atoms with Crippen molar-refractivity contribution in [1.29, 1.82) is 0 Å². The SMILES string of the molecule is CCc1ccc(-n2c(CC)nc3cc(C(=O)C(F)(F)F)ccc32)cc1. The number of imidazole rings is 1. The monoisotopic (exact) mass is 346 g/mol. The molecule has 0 bridgehead atoms. The quantitative estimate of drug-likeness (QED) is 0.630. The lowest BCUT2D eigenvalue weighted by Gasteiger charge is -2.09. The van der Waals surface area contributed by atoms with Crippen LogP contribution in [0.15, 0.2) is 42.5 Å². The number of fused-ring (bicyclic) bond motifs is 1. The van der Waals surface area contributed by atoms with Crippen molar-refractivity contribution >= 4 is 16.8 Å². The van der Waals surface area contributed by atoms with Crippen LogP contribution in [0.2, 0.25) is 0 Å². The van der Waals surface area contributed by atoms with Crippen LogP contribution in [-0.2, 0) is 12.8 Å². The van der Waals surface area contributed by atoms with Gasteiger partial charge in [0, 0.05) is 17.7 Å². The van der Waals surface area contributed by atoms with Gasteiger partial charge in [0.2, 0.25) is 0 Å². The molecule has 0 amide bonds. The molecule has 3 nitrogen and oxygen atoms in total. The van der Waals surface area contributed by atoms with Crippen molar-refractivity contribution in [2.45, 2.75) is 32.9 Å². The zero-order chi connectivity index (χ0) is 18.2. The van der Waals surface area contributed by atoms with Gasteiger partial charge in [0.05, 0.1) is 11.0 Å². The second kappa shape index (κ2) is 6.35. The fraction of sp³-hybridized carbons (Fsp3) is 0.263. The molecule has 0 spiro atoms. The average Bonchev–Trinajstić information content (AvgIpc) is 2.98. The summed E-state index contributed by atoms with van der Waals surface area (Å²) in [5.41, 5.74) is 2.76. The number of halogens is 3. The molecule has 0 fully saturated rings. The van der Waals surface area contributed by atoms with Crippen LogP contribution in [0.1, 0.15) is 35.6 Å². The molecule has 0 atom stereocenters. The van der Waals surface area contributed by atoms with Gasteiger partial charge in [0.25, 0.3) is 5.78 Å². The van der Waals surface area contributed by atoms with Crippen LogP contribution in [0.4, 0.5) is 13.2 Å². The molecule has 130 valence electrons. The Morgan fingerprint density at radius 2 is 1.72 bits per heavy atom. The highest BCUT2D eigenvalue weighted by molar-refractivity contribution is 6.02. The highest BCUT2D eigenvalue weighted by atomic mass is 19.4. The molecule has 1 aromatic heterocycles. The first kappa shape index (κ1) is 17.2. The molecule has 1 heterocycles. The van der Waals surface area contributed by atoms with E-state index in [9.17, 15) is 18.0 Å². The van der Waals surface area contributed by atoms with E-state index in [1.54, 1.807) is 0 Å². The summed E-state index contributed by atoms with van der Waals surface area (Å²) in [4.78, 5) is 15.9. The summed E-state index contributed by atoms with van der Waals surface area (Å²) in [5, 5.41) is 0. The van der Waals surface area contributed by atoms with Gasteiger partial charge in [-0.3, -0.25) is 9.36 Å². The Bertz CT molecular complexity index is 924. The molecular weight excluding hydrogens is 329 g/mol. The Morgan fingerprint density at radius 1 is 1.04 bits per heavy atom. The summed E-state index contributed by atoms with van der Waals surface area (Å²) in [5.74, 6) is -1.12. The highest BCUT2D eigenvalue weighted by Crippen LogP contribution is 2.27. The number of Topliss-reactive ketones (excluding diaryl/α,β-unsaturated/α-hetero) is 1. The van der Waals surface area contributed by atoms with E-state index in [0.29, 0.717) is 17.5 Å². The van der Waals surface area contributed by atoms with E-state index in [0.717, 1.165) is 17.9 Å². The van der Waals surface area contributed by atoms with Crippen molar-refractivity contribution < 1.29 is 18.0 Å². The molecule has 0 saturated heterocycles. The number of alkyl halides is 3. The molecule has 0 N–H and O–H groups in total. The van der Waals surface area contributed by atoms with E-state index < -0.39 is 17.5 Å². The Labute approximate surface area is 143 Å². The lowest BCUT2D eigenvalue weighted by molar-refractivity contribution is -0.0885. The second-order valence-electron chi connectivity index (χ2n) is 5.77. The summed E-state index contributed by atoms with van der Waals surface area (Å²) in [6.07, 6.45) is -3.35. The van der Waals surface area contributed by atoms with E-state index in [4.69, 9.17) is 0 Å². The number of rotatable bonds is 4. The third-order valence-electron chi connectivity index (χ3n) is 4.16. The van der Waals surface area contributed by atoms with Gasteiger partial charge in [-0.05, 0) is 42.3 Å². The Morgan fingerprint density at radius 3 is 2.28 bits per heavy atom. The first-order valence-corrected chi connectivity index (χ1v) is 8.07. The predicted molar refractivity (Wildman–Crippen MR) is 90.2 cm³/mol. The molecule has 6 heteroatoms. The number of ketones is 1. The number of carbonyl (C=O) groups excluding carboxylic acids is 1. The van der Waals surface area contributed by atoms with Crippen LogP contribution in [0.3, 0.4) is 0 Å². The van der Waals surface area contributed by atoms with Crippen LogP contribution in [0.5, 0.6) is 0 Å². The minimum Gasteiger partial charge on any atom is -0.296 e. The Kier molecular flexibility index (Phi) is 4.37. The molecule has 0 radical (unpaired) electrons. The fourth-order valence-electron chi connectivity index (χ4n) is 2.84. The van der Waals surface area contributed by atoms with Crippen molar-refractivity contribution in [2.75, 3.05) is 0 Å². The molecular formula is C19H17F3N2O. The zero-order valence-corrected chi connectivity index (χ0v) is 13.9. The van der Waals surface area contributed by atoms with Crippen molar-refractivity contribution in [3.8, 4) is 5.69 Å². The van der Waals surface area contributed by atoms with Crippen molar-refractivity contribution in [2.24, 2.45) is 0 Å². The van der Waals surface area contributed by atoms with E-state index in [1.165, 1.54) is 23.8 Å². The van der Waals surface area contributed by atoms with E-state index >= 15 is 0 Å². The zero-order valence-electron chi connectivity index (χ0n) is 13.9. The minimum absolute atomic E-state index is 0.381. The number of benzene rings is 2. The largest absolute Gasteiger partial charge is 0.454 e. The highest BCUT2D eigenvalue weighted by Gasteiger charge is 2.39. The fourth-order valence-corrected chi connectivity index (χ4v) is 2.84. The summed E-state index contributed by atoms with van der Waals surface area (Å²) in [6, 6.07) is 11.9. The standard InChI is InChI=1S/C19H17F3N2O/c1-3-12-5-8-14(9-6-12)24-16-10-7-13(18(25)19(20,21)22)11-15(16)23-17(24)4-2/h5-11H,3-4H2,1-2H3. The number of aromatic nitrogens is 2. The molecule has 3 rings (SSSR count). The van der Waals surface area contributed by atoms with Crippen molar-refractivity contribution in [3.63, 3.8) is 0 Å². The summed E-state index contributed by atoms with van der Waals surface area (Å²) < 4.78 is 39.9. The normalized spacial score (nSPS) is 11.9. The average molecular weight is 346 g/mol. The van der Waals surface area contributed by atoms with Gasteiger partial charge in [-0.1, -0.05) is 26.0 Å². The van der Waals surface area contributed by atoms with Crippen molar-refractivity contribution in [3.05, 3.63) is 59.4 Å².